The van der Waals surface area contributed by atoms with E-state index in [9.17, 15) is 4.79 Å². The number of rotatable bonds is 5. The quantitative estimate of drug-likeness (QED) is 0.610. The molecule has 0 bridgehead atoms. The van der Waals surface area contributed by atoms with Crippen molar-refractivity contribution in [1.29, 1.82) is 5.26 Å². The van der Waals surface area contributed by atoms with Crippen LogP contribution < -0.4 is 5.56 Å². The van der Waals surface area contributed by atoms with Gasteiger partial charge in [0.1, 0.15) is 5.40 Å². The van der Waals surface area contributed by atoms with Crippen molar-refractivity contribution in [3.63, 3.8) is 0 Å². The van der Waals surface area contributed by atoms with Crippen LogP contribution in [0.5, 0.6) is 0 Å². The molecule has 0 aliphatic heterocycles. The van der Waals surface area contributed by atoms with Crippen LogP contribution in [-0.2, 0) is 6.54 Å². The molecule has 0 spiro atoms. The van der Waals surface area contributed by atoms with E-state index in [1.165, 1.54) is 31.2 Å². The van der Waals surface area contributed by atoms with E-state index in [2.05, 4.69) is 6.92 Å². The van der Waals surface area contributed by atoms with Crippen molar-refractivity contribution in [3.8, 4) is 5.40 Å². The van der Waals surface area contributed by atoms with Gasteiger partial charge in [-0.15, -0.1) is 0 Å². The second kappa shape index (κ2) is 4.72. The second-order valence-corrected chi connectivity index (χ2v) is 6.72. The van der Waals surface area contributed by atoms with Gasteiger partial charge in [-0.25, -0.2) is 0 Å². The van der Waals surface area contributed by atoms with Gasteiger partial charge < -0.3 is 4.57 Å². The van der Waals surface area contributed by atoms with Crippen molar-refractivity contribution in [2.24, 2.45) is 5.41 Å². The Hall–Kier alpha value is -1.21. The molecule has 0 aromatic carbocycles. The summed E-state index contributed by atoms with van der Waals surface area (Å²) in [5.74, 6) is 0.613. The summed E-state index contributed by atoms with van der Waals surface area (Å²) in [5.41, 5.74) is 1.60. The van der Waals surface area contributed by atoms with Crippen molar-refractivity contribution in [2.75, 3.05) is 0 Å². The van der Waals surface area contributed by atoms with Gasteiger partial charge in [-0.2, -0.15) is 5.26 Å². The van der Waals surface area contributed by atoms with Crippen molar-refractivity contribution in [3.05, 3.63) is 28.2 Å². The molecule has 100 valence electrons. The predicted octanol–water partition coefficient (Wildman–Crippen LogP) is 3.49. The third kappa shape index (κ3) is 2.57. The lowest BCUT2D eigenvalue weighted by Gasteiger charge is -2.16. The average Bonchev–Trinajstić information content (AvgIpc) is 3.27. The molecule has 3 rings (SSSR count). The Morgan fingerprint density at radius 1 is 1.53 bits per heavy atom. The van der Waals surface area contributed by atoms with Crippen LogP contribution >= 0.6 is 11.8 Å². The Balaban J connectivity index is 1.97. The predicted molar refractivity (Wildman–Crippen MR) is 76.1 cm³/mol. The molecular weight excluding hydrogens is 256 g/mol. The molecule has 0 N–H and O–H groups in total. The van der Waals surface area contributed by atoms with E-state index in [0.29, 0.717) is 16.2 Å². The van der Waals surface area contributed by atoms with Gasteiger partial charge in [0.25, 0.3) is 5.56 Å². The summed E-state index contributed by atoms with van der Waals surface area (Å²) in [7, 11) is 0. The normalized spacial score (nSPS) is 20.0. The minimum atomic E-state index is 0.00988. The van der Waals surface area contributed by atoms with Gasteiger partial charge >= 0.3 is 0 Å². The third-order valence-electron chi connectivity index (χ3n) is 4.49. The number of hydrogen-bond acceptors (Lipinski definition) is 3. The summed E-state index contributed by atoms with van der Waals surface area (Å²) in [6.07, 6.45) is 8.06. The number of hydrogen-bond donors (Lipinski definition) is 0. The SMILES string of the molecule is CCC1(Cn2cc(C3CC3)cc(SC#N)c2=O)CC1. The van der Waals surface area contributed by atoms with Crippen LogP contribution in [0.15, 0.2) is 22.0 Å². The maximum absolute atomic E-state index is 12.4. The summed E-state index contributed by atoms with van der Waals surface area (Å²) < 4.78 is 1.86. The number of aromatic nitrogens is 1. The van der Waals surface area contributed by atoms with E-state index in [0.717, 1.165) is 24.7 Å². The van der Waals surface area contributed by atoms with E-state index in [-0.39, 0.29) is 5.56 Å². The fourth-order valence-corrected chi connectivity index (χ4v) is 3.17. The molecule has 0 amide bonds. The fourth-order valence-electron chi connectivity index (χ4n) is 2.67. The lowest BCUT2D eigenvalue weighted by atomic mass is 10.0. The monoisotopic (exact) mass is 274 g/mol. The van der Waals surface area contributed by atoms with Crippen LogP contribution in [0.1, 0.15) is 50.5 Å². The first kappa shape index (κ1) is 12.8. The molecule has 0 atom stereocenters. The molecule has 1 aromatic rings. The lowest BCUT2D eigenvalue weighted by molar-refractivity contribution is 0.399. The summed E-state index contributed by atoms with van der Waals surface area (Å²) >= 11 is 1.00. The highest BCUT2D eigenvalue weighted by atomic mass is 32.2. The number of thiocyanates is 1. The zero-order valence-electron chi connectivity index (χ0n) is 11.2. The molecule has 0 unspecified atom stereocenters. The topological polar surface area (TPSA) is 45.8 Å². The van der Waals surface area contributed by atoms with Crippen molar-refractivity contribution in [2.45, 2.75) is 56.4 Å². The maximum Gasteiger partial charge on any atom is 0.265 e. The number of nitriles is 1. The van der Waals surface area contributed by atoms with E-state index in [1.54, 1.807) is 0 Å². The Kier molecular flexibility index (Phi) is 3.18. The molecule has 2 aliphatic carbocycles. The van der Waals surface area contributed by atoms with Crippen LogP contribution in [0.2, 0.25) is 0 Å². The third-order valence-corrected chi connectivity index (χ3v) is 5.10. The zero-order valence-corrected chi connectivity index (χ0v) is 12.0. The Morgan fingerprint density at radius 2 is 2.26 bits per heavy atom. The standard InChI is InChI=1S/C15H18N2OS/c1-2-15(5-6-15)9-17-8-12(11-3-4-11)7-13(14(17)18)19-10-16/h7-8,11H,2-6,9H2,1H3. The molecule has 2 saturated carbocycles. The van der Waals surface area contributed by atoms with E-state index in [4.69, 9.17) is 5.26 Å². The van der Waals surface area contributed by atoms with Gasteiger partial charge in [-0.05, 0) is 66.8 Å². The lowest BCUT2D eigenvalue weighted by Crippen LogP contribution is -2.25. The zero-order chi connectivity index (χ0) is 13.5. The van der Waals surface area contributed by atoms with E-state index >= 15 is 0 Å². The molecule has 0 saturated heterocycles. The molecule has 2 aliphatic rings. The number of nitrogens with zero attached hydrogens (tertiary/aromatic N) is 2. The van der Waals surface area contributed by atoms with Crippen LogP contribution in [-0.4, -0.2) is 4.57 Å². The number of thioether (sulfide) groups is 1. The average molecular weight is 274 g/mol. The summed E-state index contributed by atoms with van der Waals surface area (Å²) in [6.45, 7) is 3.02. The molecule has 1 heterocycles. The summed E-state index contributed by atoms with van der Waals surface area (Å²) in [5, 5.41) is 10.9. The fraction of sp³-hybridized carbons (Fsp3) is 0.600. The van der Waals surface area contributed by atoms with Crippen molar-refractivity contribution < 1.29 is 0 Å². The molecule has 3 nitrogen and oxygen atoms in total. The van der Waals surface area contributed by atoms with Crippen LogP contribution in [0.4, 0.5) is 0 Å². The molecular formula is C15H18N2OS. The summed E-state index contributed by atoms with van der Waals surface area (Å²) in [4.78, 5) is 13.0. The van der Waals surface area contributed by atoms with Crippen LogP contribution in [0, 0.1) is 16.1 Å². The second-order valence-electron chi connectivity index (χ2n) is 5.89. The van der Waals surface area contributed by atoms with Gasteiger partial charge in [0.15, 0.2) is 0 Å². The largest absolute Gasteiger partial charge is 0.314 e. The number of pyridine rings is 1. The maximum atomic E-state index is 12.4. The van der Waals surface area contributed by atoms with E-state index < -0.39 is 0 Å². The minimum Gasteiger partial charge on any atom is -0.314 e. The Bertz CT molecular complexity index is 591. The summed E-state index contributed by atoms with van der Waals surface area (Å²) in [6, 6.07) is 1.93. The minimum absolute atomic E-state index is 0.00988. The molecule has 4 heteroatoms. The molecule has 2 fully saturated rings. The van der Waals surface area contributed by atoms with Crippen LogP contribution in [0.3, 0.4) is 0 Å². The van der Waals surface area contributed by atoms with Gasteiger partial charge in [0.2, 0.25) is 0 Å². The first-order valence-corrected chi connectivity index (χ1v) is 7.79. The Morgan fingerprint density at radius 3 is 2.79 bits per heavy atom. The molecule has 19 heavy (non-hydrogen) atoms. The highest BCUT2D eigenvalue weighted by Crippen LogP contribution is 2.50. The first-order chi connectivity index (χ1) is 9.17. The van der Waals surface area contributed by atoms with Crippen molar-refractivity contribution in [1.82, 2.24) is 4.57 Å². The highest BCUT2D eigenvalue weighted by molar-refractivity contribution is 8.03. The van der Waals surface area contributed by atoms with Gasteiger partial charge in [0, 0.05) is 12.7 Å². The van der Waals surface area contributed by atoms with Gasteiger partial charge in [-0.3, -0.25) is 4.79 Å². The van der Waals surface area contributed by atoms with Crippen molar-refractivity contribution >= 4 is 11.8 Å². The highest BCUT2D eigenvalue weighted by Gasteiger charge is 2.41. The molecule has 1 aromatic heterocycles. The van der Waals surface area contributed by atoms with E-state index in [1.807, 2.05) is 22.2 Å². The molecule has 0 radical (unpaired) electrons. The van der Waals surface area contributed by atoms with Gasteiger partial charge in [0.05, 0.1) is 4.90 Å². The van der Waals surface area contributed by atoms with Crippen LogP contribution in [0.25, 0.3) is 0 Å². The first-order valence-electron chi connectivity index (χ1n) is 6.98. The smallest absolute Gasteiger partial charge is 0.265 e. The van der Waals surface area contributed by atoms with Gasteiger partial charge in [-0.1, -0.05) is 6.92 Å². The Labute approximate surface area is 117 Å².